The van der Waals surface area contributed by atoms with Crippen molar-refractivity contribution >= 4 is 33.3 Å². The molecule has 0 spiro atoms. The van der Waals surface area contributed by atoms with Crippen molar-refractivity contribution < 1.29 is 9.18 Å². The second-order valence-electron chi connectivity index (χ2n) is 3.02. The first-order valence-corrected chi connectivity index (χ1v) is 5.38. The molecule has 14 heavy (non-hydrogen) atoms. The lowest BCUT2D eigenvalue weighted by Gasteiger charge is -2.06. The molecule has 0 saturated carbocycles. The SMILES string of the molecule is CC(=O)[C@H](Br)Cc1ccc(Cl)cc1F. The average molecular weight is 280 g/mol. The van der Waals surface area contributed by atoms with Crippen LogP contribution >= 0.6 is 27.5 Å². The van der Waals surface area contributed by atoms with Gasteiger partial charge in [-0.1, -0.05) is 33.6 Å². The Labute approximate surface area is 95.4 Å². The second-order valence-corrected chi connectivity index (χ2v) is 4.56. The monoisotopic (exact) mass is 278 g/mol. The van der Waals surface area contributed by atoms with Crippen LogP contribution in [0.1, 0.15) is 12.5 Å². The van der Waals surface area contributed by atoms with Crippen LogP contribution in [0.3, 0.4) is 0 Å². The summed E-state index contributed by atoms with van der Waals surface area (Å²) in [4.78, 5) is 10.6. The predicted octanol–water partition coefficient (Wildman–Crippen LogP) is 3.37. The number of alkyl halides is 1. The van der Waals surface area contributed by atoms with Gasteiger partial charge in [0.2, 0.25) is 0 Å². The quantitative estimate of drug-likeness (QED) is 0.775. The smallest absolute Gasteiger partial charge is 0.143 e. The minimum absolute atomic E-state index is 0.0145. The topological polar surface area (TPSA) is 17.1 Å². The summed E-state index contributed by atoms with van der Waals surface area (Å²) < 4.78 is 13.3. The first kappa shape index (κ1) is 11.7. The fourth-order valence-electron chi connectivity index (χ4n) is 1.02. The highest BCUT2D eigenvalue weighted by atomic mass is 79.9. The maximum absolute atomic E-state index is 13.3. The molecule has 0 N–H and O–H groups in total. The number of hydrogen-bond acceptors (Lipinski definition) is 1. The van der Waals surface area contributed by atoms with Crippen molar-refractivity contribution in [3.05, 3.63) is 34.6 Å². The highest BCUT2D eigenvalue weighted by molar-refractivity contribution is 9.10. The van der Waals surface area contributed by atoms with Crippen LogP contribution in [-0.2, 0) is 11.2 Å². The predicted molar refractivity (Wildman–Crippen MR) is 58.5 cm³/mol. The van der Waals surface area contributed by atoms with Crippen molar-refractivity contribution in [2.45, 2.75) is 18.2 Å². The Balaban J connectivity index is 2.82. The van der Waals surface area contributed by atoms with Crippen LogP contribution < -0.4 is 0 Å². The summed E-state index contributed by atoms with van der Waals surface area (Å²) in [6.45, 7) is 1.47. The minimum atomic E-state index is -0.372. The number of ketones is 1. The van der Waals surface area contributed by atoms with E-state index in [1.165, 1.54) is 13.0 Å². The molecule has 0 heterocycles. The lowest BCUT2D eigenvalue weighted by atomic mass is 10.1. The molecule has 0 aliphatic heterocycles. The molecule has 0 amide bonds. The van der Waals surface area contributed by atoms with Crippen molar-refractivity contribution in [2.24, 2.45) is 0 Å². The molecule has 0 bridgehead atoms. The van der Waals surface area contributed by atoms with Gasteiger partial charge in [-0.25, -0.2) is 4.39 Å². The Kier molecular flexibility index (Phi) is 4.08. The fourth-order valence-corrected chi connectivity index (χ4v) is 1.53. The van der Waals surface area contributed by atoms with Crippen LogP contribution in [0.4, 0.5) is 4.39 Å². The highest BCUT2D eigenvalue weighted by Gasteiger charge is 2.13. The standard InChI is InChI=1S/C10H9BrClFO/c1-6(14)9(11)4-7-2-3-8(12)5-10(7)13/h2-3,5,9H,4H2,1H3/t9-/m1/s1. The van der Waals surface area contributed by atoms with Gasteiger partial charge in [0.15, 0.2) is 0 Å². The van der Waals surface area contributed by atoms with Gasteiger partial charge in [0.25, 0.3) is 0 Å². The van der Waals surface area contributed by atoms with Crippen LogP contribution in [0.25, 0.3) is 0 Å². The van der Waals surface area contributed by atoms with Crippen LogP contribution in [0.15, 0.2) is 18.2 Å². The number of rotatable bonds is 3. The van der Waals surface area contributed by atoms with E-state index in [-0.39, 0.29) is 16.4 Å². The van der Waals surface area contributed by atoms with Gasteiger partial charge in [0.05, 0.1) is 4.83 Å². The molecule has 0 aliphatic carbocycles. The lowest BCUT2D eigenvalue weighted by molar-refractivity contribution is -0.116. The van der Waals surface area contributed by atoms with Crippen molar-refractivity contribution in [2.75, 3.05) is 0 Å². The Bertz CT molecular complexity index is 354. The van der Waals surface area contributed by atoms with E-state index in [1.807, 2.05) is 0 Å². The van der Waals surface area contributed by atoms with Crippen molar-refractivity contribution in [1.29, 1.82) is 0 Å². The minimum Gasteiger partial charge on any atom is -0.299 e. The van der Waals surface area contributed by atoms with Gasteiger partial charge in [-0.2, -0.15) is 0 Å². The Morgan fingerprint density at radius 1 is 1.64 bits per heavy atom. The molecule has 4 heteroatoms. The normalized spacial score (nSPS) is 12.6. The Morgan fingerprint density at radius 2 is 2.29 bits per heavy atom. The van der Waals surface area contributed by atoms with Gasteiger partial charge < -0.3 is 0 Å². The summed E-state index contributed by atoms with van der Waals surface area (Å²) in [6, 6.07) is 4.45. The van der Waals surface area contributed by atoms with E-state index in [4.69, 9.17) is 11.6 Å². The van der Waals surface area contributed by atoms with E-state index in [1.54, 1.807) is 12.1 Å². The van der Waals surface area contributed by atoms with Crippen LogP contribution in [0, 0.1) is 5.82 Å². The maximum Gasteiger partial charge on any atom is 0.143 e. The number of carbonyl (C=O) groups is 1. The van der Waals surface area contributed by atoms with Gasteiger partial charge in [0, 0.05) is 5.02 Å². The average Bonchev–Trinajstić information content (AvgIpc) is 2.09. The van der Waals surface area contributed by atoms with E-state index in [2.05, 4.69) is 15.9 Å². The summed E-state index contributed by atoms with van der Waals surface area (Å²) >= 11 is 8.78. The summed E-state index contributed by atoms with van der Waals surface area (Å²) in [7, 11) is 0. The molecule has 0 fully saturated rings. The number of hydrogen-bond donors (Lipinski definition) is 0. The molecule has 0 saturated heterocycles. The molecule has 76 valence electrons. The number of halogens is 3. The van der Waals surface area contributed by atoms with Gasteiger partial charge >= 0.3 is 0 Å². The summed E-state index contributed by atoms with van der Waals surface area (Å²) in [6.07, 6.45) is 0.346. The molecule has 1 aromatic rings. The summed E-state index contributed by atoms with van der Waals surface area (Å²) in [5, 5.41) is 0.361. The third kappa shape index (κ3) is 3.07. The second kappa shape index (κ2) is 4.89. The molecule has 1 atom stereocenters. The molecule has 1 rings (SSSR count). The number of benzene rings is 1. The molecular weight excluding hydrogens is 270 g/mol. The van der Waals surface area contributed by atoms with Crippen molar-refractivity contribution in [3.8, 4) is 0 Å². The van der Waals surface area contributed by atoms with Gasteiger partial charge in [-0.15, -0.1) is 0 Å². The lowest BCUT2D eigenvalue weighted by Crippen LogP contribution is -2.13. The highest BCUT2D eigenvalue weighted by Crippen LogP contribution is 2.18. The number of carbonyl (C=O) groups excluding carboxylic acids is 1. The third-order valence-electron chi connectivity index (χ3n) is 1.86. The molecule has 0 aliphatic rings. The Hall–Kier alpha value is -0.410. The molecule has 1 nitrogen and oxygen atoms in total. The largest absolute Gasteiger partial charge is 0.299 e. The first-order valence-electron chi connectivity index (χ1n) is 4.09. The van der Waals surface area contributed by atoms with Crippen LogP contribution in [-0.4, -0.2) is 10.6 Å². The molecule has 0 aromatic heterocycles. The van der Waals surface area contributed by atoms with E-state index < -0.39 is 0 Å². The van der Waals surface area contributed by atoms with E-state index >= 15 is 0 Å². The summed E-state index contributed by atoms with van der Waals surface area (Å²) in [5.41, 5.74) is 0.492. The molecule has 0 radical (unpaired) electrons. The van der Waals surface area contributed by atoms with E-state index in [0.29, 0.717) is 17.0 Å². The molecular formula is C10H9BrClFO. The van der Waals surface area contributed by atoms with Crippen LogP contribution in [0.5, 0.6) is 0 Å². The van der Waals surface area contributed by atoms with Gasteiger partial charge in [0.1, 0.15) is 11.6 Å². The fraction of sp³-hybridized carbons (Fsp3) is 0.300. The zero-order chi connectivity index (χ0) is 10.7. The van der Waals surface area contributed by atoms with E-state index in [0.717, 1.165) is 0 Å². The third-order valence-corrected chi connectivity index (χ3v) is 3.06. The van der Waals surface area contributed by atoms with Crippen LogP contribution in [0.2, 0.25) is 5.02 Å². The Morgan fingerprint density at radius 3 is 2.79 bits per heavy atom. The van der Waals surface area contributed by atoms with Gasteiger partial charge in [-0.05, 0) is 31.0 Å². The summed E-state index contributed by atoms with van der Waals surface area (Å²) in [5.74, 6) is -0.387. The zero-order valence-corrected chi connectivity index (χ0v) is 9.90. The molecule has 0 unspecified atom stereocenters. The maximum atomic E-state index is 13.3. The number of Topliss-reactive ketones (excluding diaryl/α,β-unsaturated/α-hetero) is 1. The zero-order valence-electron chi connectivity index (χ0n) is 7.56. The van der Waals surface area contributed by atoms with Crippen molar-refractivity contribution in [1.82, 2.24) is 0 Å². The van der Waals surface area contributed by atoms with Gasteiger partial charge in [-0.3, -0.25) is 4.79 Å². The van der Waals surface area contributed by atoms with E-state index in [9.17, 15) is 9.18 Å². The van der Waals surface area contributed by atoms with Crippen molar-refractivity contribution in [3.63, 3.8) is 0 Å². The first-order chi connectivity index (χ1) is 6.50. The molecule has 1 aromatic carbocycles.